The number of halogens is 1. The van der Waals surface area contributed by atoms with E-state index < -0.39 is 5.97 Å². The zero-order valence-corrected chi connectivity index (χ0v) is 15.0. The van der Waals surface area contributed by atoms with Crippen LogP contribution in [0.5, 0.6) is 0 Å². The first-order valence-electron chi connectivity index (χ1n) is 7.39. The molecule has 7 heteroatoms. The smallest absolute Gasteiger partial charge is 0.317 e. The van der Waals surface area contributed by atoms with Crippen molar-refractivity contribution in [3.63, 3.8) is 0 Å². The van der Waals surface area contributed by atoms with Crippen molar-refractivity contribution in [1.29, 1.82) is 0 Å². The molecule has 2 rings (SSSR count). The topological polar surface area (TPSA) is 60.9 Å². The number of carbonyl (C=O) groups is 2. The first kappa shape index (κ1) is 17.4. The highest BCUT2D eigenvalue weighted by Crippen LogP contribution is 2.23. The van der Waals surface area contributed by atoms with Crippen LogP contribution in [-0.2, 0) is 16.0 Å². The van der Waals surface area contributed by atoms with Gasteiger partial charge in [-0.2, -0.15) is 0 Å². The number of nitrogens with zero attached hydrogens (tertiary/aromatic N) is 2. The highest BCUT2D eigenvalue weighted by atomic mass is 79.9. The lowest BCUT2D eigenvalue weighted by atomic mass is 10.1. The van der Waals surface area contributed by atoms with Crippen LogP contribution in [-0.4, -0.2) is 59.5 Å². The molecule has 5 nitrogen and oxygen atoms in total. The van der Waals surface area contributed by atoms with Crippen LogP contribution in [0.1, 0.15) is 24.1 Å². The maximum Gasteiger partial charge on any atom is 0.317 e. The Kier molecular flexibility index (Phi) is 6.40. The van der Waals surface area contributed by atoms with E-state index in [-0.39, 0.29) is 18.5 Å². The molecule has 0 saturated carbocycles. The average molecular weight is 389 g/mol. The number of hydrogen-bond acceptors (Lipinski definition) is 4. The summed E-state index contributed by atoms with van der Waals surface area (Å²) >= 11 is 5.01. The standard InChI is InChI=1S/C15H21BrN2O3S/c1-17(10-15(20)21)11-3-2-7-18(8-6-11)14(19)9-12-4-5-13(16)22-12/h4-5,11H,2-3,6-10H2,1H3,(H,20,21). The third-order valence-corrected chi connectivity index (χ3v) is 5.64. The molecule has 1 aliphatic heterocycles. The van der Waals surface area contributed by atoms with Gasteiger partial charge in [0.1, 0.15) is 0 Å². The quantitative estimate of drug-likeness (QED) is 0.841. The molecule has 1 aliphatic rings. The van der Waals surface area contributed by atoms with E-state index in [1.807, 2.05) is 29.0 Å². The van der Waals surface area contributed by atoms with Crippen molar-refractivity contribution in [1.82, 2.24) is 9.80 Å². The molecule has 1 amide bonds. The Hall–Kier alpha value is -0.920. The second-order valence-electron chi connectivity index (χ2n) is 5.66. The Morgan fingerprint density at radius 1 is 1.41 bits per heavy atom. The number of carboxylic acid groups (broad SMARTS) is 1. The summed E-state index contributed by atoms with van der Waals surface area (Å²) in [6, 6.07) is 4.19. The van der Waals surface area contributed by atoms with Gasteiger partial charge in [-0.3, -0.25) is 14.5 Å². The monoisotopic (exact) mass is 388 g/mol. The second-order valence-corrected chi connectivity index (χ2v) is 8.20. The van der Waals surface area contributed by atoms with Crippen LogP contribution in [0.3, 0.4) is 0 Å². The number of rotatable bonds is 5. The van der Waals surface area contributed by atoms with Gasteiger partial charge in [-0.1, -0.05) is 0 Å². The second kappa shape index (κ2) is 8.08. The Labute approximate surface area is 143 Å². The highest BCUT2D eigenvalue weighted by Gasteiger charge is 2.24. The number of carboxylic acids is 1. The molecule has 0 radical (unpaired) electrons. The zero-order valence-electron chi connectivity index (χ0n) is 12.6. The lowest BCUT2D eigenvalue weighted by molar-refractivity contribution is -0.138. The van der Waals surface area contributed by atoms with E-state index in [4.69, 9.17) is 5.11 Å². The van der Waals surface area contributed by atoms with Crippen LogP contribution in [0.4, 0.5) is 0 Å². The maximum absolute atomic E-state index is 12.4. The molecule has 1 saturated heterocycles. The number of amides is 1. The summed E-state index contributed by atoms with van der Waals surface area (Å²) in [7, 11) is 1.85. The van der Waals surface area contributed by atoms with E-state index in [0.717, 1.165) is 34.5 Å². The number of likely N-dealkylation sites (N-methyl/N-ethyl adjacent to an activating group) is 1. The van der Waals surface area contributed by atoms with Gasteiger partial charge in [-0.15, -0.1) is 11.3 Å². The summed E-state index contributed by atoms with van der Waals surface area (Å²) in [5.74, 6) is -0.640. The van der Waals surface area contributed by atoms with Gasteiger partial charge >= 0.3 is 5.97 Å². The molecule has 22 heavy (non-hydrogen) atoms. The van der Waals surface area contributed by atoms with E-state index in [1.165, 1.54) is 0 Å². The molecule has 0 spiro atoms. The third kappa shape index (κ3) is 5.07. The van der Waals surface area contributed by atoms with Gasteiger partial charge in [0.2, 0.25) is 5.91 Å². The van der Waals surface area contributed by atoms with Gasteiger partial charge in [-0.05, 0) is 54.4 Å². The summed E-state index contributed by atoms with van der Waals surface area (Å²) < 4.78 is 1.04. The Bertz CT molecular complexity index is 535. The Balaban J connectivity index is 1.86. The number of thiophene rings is 1. The fraction of sp³-hybridized carbons (Fsp3) is 0.600. The highest BCUT2D eigenvalue weighted by molar-refractivity contribution is 9.11. The van der Waals surface area contributed by atoms with Crippen LogP contribution in [0.2, 0.25) is 0 Å². The molecule has 0 aromatic carbocycles. The third-order valence-electron chi connectivity index (χ3n) is 4.01. The number of aliphatic carboxylic acids is 1. The first-order chi connectivity index (χ1) is 10.5. The van der Waals surface area contributed by atoms with E-state index in [1.54, 1.807) is 11.3 Å². The van der Waals surface area contributed by atoms with E-state index in [0.29, 0.717) is 13.0 Å². The predicted octanol–water partition coefficient (Wildman–Crippen LogP) is 2.45. The molecule has 1 atom stereocenters. The number of hydrogen-bond donors (Lipinski definition) is 1. The fourth-order valence-electron chi connectivity index (χ4n) is 2.82. The van der Waals surface area contributed by atoms with Crippen LogP contribution >= 0.6 is 27.3 Å². The minimum atomic E-state index is -0.803. The molecule has 0 aliphatic carbocycles. The van der Waals surface area contributed by atoms with Gasteiger partial charge in [0.15, 0.2) is 0 Å². The first-order valence-corrected chi connectivity index (χ1v) is 9.00. The molecule has 1 N–H and O–H groups in total. The van der Waals surface area contributed by atoms with Gasteiger partial charge < -0.3 is 10.0 Å². The summed E-state index contributed by atoms with van der Waals surface area (Å²) in [5.41, 5.74) is 0. The number of likely N-dealkylation sites (tertiary alicyclic amines) is 1. The van der Waals surface area contributed by atoms with Gasteiger partial charge in [-0.25, -0.2) is 0 Å². The number of carbonyl (C=O) groups excluding carboxylic acids is 1. The van der Waals surface area contributed by atoms with E-state index in [9.17, 15) is 9.59 Å². The molecular weight excluding hydrogens is 368 g/mol. The van der Waals surface area contributed by atoms with Crippen LogP contribution in [0.25, 0.3) is 0 Å². The summed E-state index contributed by atoms with van der Waals surface area (Å²) in [5, 5.41) is 8.88. The lowest BCUT2D eigenvalue weighted by Crippen LogP contribution is -2.37. The Morgan fingerprint density at radius 3 is 2.82 bits per heavy atom. The average Bonchev–Trinajstić information content (AvgIpc) is 2.72. The van der Waals surface area contributed by atoms with E-state index >= 15 is 0 Å². The minimum absolute atomic E-state index is 0.0574. The molecule has 1 fully saturated rings. The van der Waals surface area contributed by atoms with Crippen molar-refractivity contribution in [2.75, 3.05) is 26.7 Å². The van der Waals surface area contributed by atoms with Crippen molar-refractivity contribution in [2.24, 2.45) is 0 Å². The molecule has 122 valence electrons. The largest absolute Gasteiger partial charge is 0.480 e. The van der Waals surface area contributed by atoms with Crippen LogP contribution < -0.4 is 0 Å². The molecule has 0 bridgehead atoms. The molecule has 1 aromatic rings. The van der Waals surface area contributed by atoms with E-state index in [2.05, 4.69) is 15.9 Å². The van der Waals surface area contributed by atoms with Gasteiger partial charge in [0, 0.05) is 24.0 Å². The molecule has 1 aromatic heterocycles. The summed E-state index contributed by atoms with van der Waals surface area (Å²) in [4.78, 5) is 28.1. The predicted molar refractivity (Wildman–Crippen MR) is 90.2 cm³/mol. The fourth-order valence-corrected chi connectivity index (χ4v) is 4.29. The lowest BCUT2D eigenvalue weighted by Gasteiger charge is -2.25. The van der Waals surface area contributed by atoms with Crippen molar-refractivity contribution >= 4 is 39.1 Å². The van der Waals surface area contributed by atoms with Crippen molar-refractivity contribution in [2.45, 2.75) is 31.7 Å². The van der Waals surface area contributed by atoms with Gasteiger partial charge in [0.05, 0.1) is 16.8 Å². The summed E-state index contributed by atoms with van der Waals surface area (Å²) in [6.45, 7) is 1.53. The maximum atomic E-state index is 12.4. The van der Waals surface area contributed by atoms with Gasteiger partial charge in [0.25, 0.3) is 0 Å². The normalized spacial score (nSPS) is 19.2. The van der Waals surface area contributed by atoms with Crippen molar-refractivity contribution < 1.29 is 14.7 Å². The Morgan fingerprint density at radius 2 is 2.18 bits per heavy atom. The van der Waals surface area contributed by atoms with Crippen LogP contribution in [0, 0.1) is 0 Å². The molecule has 2 heterocycles. The van der Waals surface area contributed by atoms with Crippen LogP contribution in [0.15, 0.2) is 15.9 Å². The van der Waals surface area contributed by atoms with Crippen molar-refractivity contribution in [3.8, 4) is 0 Å². The molecular formula is C15H21BrN2O3S. The van der Waals surface area contributed by atoms with Crippen molar-refractivity contribution in [3.05, 3.63) is 20.8 Å². The molecule has 1 unspecified atom stereocenters. The summed E-state index contributed by atoms with van der Waals surface area (Å²) in [6.07, 6.45) is 3.15. The minimum Gasteiger partial charge on any atom is -0.480 e. The zero-order chi connectivity index (χ0) is 16.1. The SMILES string of the molecule is CN(CC(=O)O)C1CCCN(C(=O)Cc2ccc(Br)s2)CC1.